The molecule has 1 aromatic heterocycles. The first-order chi connectivity index (χ1) is 15.2. The molecule has 2 heterocycles. The van der Waals surface area contributed by atoms with Gasteiger partial charge in [-0.25, -0.2) is 8.42 Å². The maximum Gasteiger partial charge on any atom is 0.326 e. The second-order valence-corrected chi connectivity index (χ2v) is 10.3. The molecule has 1 aliphatic heterocycles. The quantitative estimate of drug-likeness (QED) is 0.507. The lowest BCUT2D eigenvalue weighted by Gasteiger charge is -2.14. The fraction of sp³-hybridized carbons (Fsp3) is 0.500. The van der Waals surface area contributed by atoms with E-state index in [-0.39, 0.29) is 18.0 Å². The summed E-state index contributed by atoms with van der Waals surface area (Å²) < 4.78 is 37.2. The smallest absolute Gasteiger partial charge is 0.326 e. The van der Waals surface area contributed by atoms with Crippen LogP contribution in [-0.4, -0.2) is 74.0 Å². The summed E-state index contributed by atoms with van der Waals surface area (Å²) in [7, 11) is -2.46. The number of hydrogen-bond acceptors (Lipinski definition) is 8. The number of nitrogens with zero attached hydrogens (tertiary/aromatic N) is 3. The highest BCUT2D eigenvalue weighted by Crippen LogP contribution is 2.23. The zero-order valence-electron chi connectivity index (χ0n) is 17.9. The van der Waals surface area contributed by atoms with Crippen LogP contribution in [0.2, 0.25) is 0 Å². The van der Waals surface area contributed by atoms with Crippen molar-refractivity contribution in [1.82, 2.24) is 9.47 Å². The maximum atomic E-state index is 12.5. The second-order valence-electron chi connectivity index (χ2n) is 7.24. The number of fused-ring (bicyclic) bond motifs is 1. The number of thiazole rings is 1. The molecule has 0 spiro atoms. The van der Waals surface area contributed by atoms with Gasteiger partial charge in [-0.1, -0.05) is 11.3 Å². The van der Waals surface area contributed by atoms with E-state index in [1.807, 2.05) is 0 Å². The lowest BCUT2D eigenvalue weighted by atomic mass is 10.3. The summed E-state index contributed by atoms with van der Waals surface area (Å²) >= 11 is 1.12. The average molecular weight is 484 g/mol. The molecule has 1 aromatic carbocycles. The molecule has 0 radical (unpaired) electrons. The van der Waals surface area contributed by atoms with Gasteiger partial charge < -0.3 is 18.9 Å². The van der Waals surface area contributed by atoms with Crippen molar-refractivity contribution in [2.75, 3.05) is 38.3 Å². The predicted molar refractivity (Wildman–Crippen MR) is 118 cm³/mol. The first-order valence-corrected chi connectivity index (χ1v) is 12.7. The first-order valence-electron chi connectivity index (χ1n) is 10.1. The Morgan fingerprint density at radius 2 is 1.88 bits per heavy atom. The zero-order chi connectivity index (χ0) is 23.3. The van der Waals surface area contributed by atoms with Gasteiger partial charge in [-0.15, -0.1) is 0 Å². The molecule has 1 saturated heterocycles. The number of hydrogen-bond donors (Lipinski definition) is 0. The number of methoxy groups -OCH3 is 1. The van der Waals surface area contributed by atoms with Gasteiger partial charge in [0, 0.05) is 13.1 Å². The molecule has 0 N–H and O–H groups in total. The van der Waals surface area contributed by atoms with Crippen molar-refractivity contribution in [3.63, 3.8) is 0 Å². The topological polar surface area (TPSA) is 124 Å². The number of benzene rings is 1. The van der Waals surface area contributed by atoms with Crippen molar-refractivity contribution in [2.24, 2.45) is 4.99 Å². The third-order valence-corrected chi connectivity index (χ3v) is 7.26. The van der Waals surface area contributed by atoms with E-state index in [0.717, 1.165) is 24.2 Å². The Labute approximate surface area is 189 Å². The summed E-state index contributed by atoms with van der Waals surface area (Å²) in [6.07, 6.45) is 1.69. The van der Waals surface area contributed by atoms with Crippen molar-refractivity contribution in [3.8, 4) is 5.75 Å². The minimum absolute atomic E-state index is 0.160. The van der Waals surface area contributed by atoms with Crippen LogP contribution >= 0.6 is 11.3 Å². The molecule has 10 nitrogen and oxygen atoms in total. The van der Waals surface area contributed by atoms with Crippen molar-refractivity contribution < 1.29 is 32.3 Å². The van der Waals surface area contributed by atoms with Crippen molar-refractivity contribution in [2.45, 2.75) is 26.3 Å². The van der Waals surface area contributed by atoms with Crippen molar-refractivity contribution >= 4 is 49.2 Å². The Morgan fingerprint density at radius 3 is 2.53 bits per heavy atom. The lowest BCUT2D eigenvalue weighted by Crippen LogP contribution is -2.35. The van der Waals surface area contributed by atoms with Gasteiger partial charge >= 0.3 is 5.97 Å². The molecule has 1 fully saturated rings. The molecule has 0 unspecified atom stereocenters. The Balaban J connectivity index is 1.87. The first kappa shape index (κ1) is 23.9. The summed E-state index contributed by atoms with van der Waals surface area (Å²) in [6, 6.07) is 5.16. The van der Waals surface area contributed by atoms with E-state index in [1.54, 1.807) is 25.1 Å². The number of sulfone groups is 1. The van der Waals surface area contributed by atoms with Gasteiger partial charge in [0.25, 0.3) is 5.91 Å². The van der Waals surface area contributed by atoms with Gasteiger partial charge in [-0.2, -0.15) is 4.99 Å². The fourth-order valence-corrected chi connectivity index (χ4v) is 5.56. The highest BCUT2D eigenvalue weighted by Gasteiger charge is 2.26. The van der Waals surface area contributed by atoms with E-state index in [1.165, 1.54) is 16.6 Å². The highest BCUT2D eigenvalue weighted by atomic mass is 32.2. The van der Waals surface area contributed by atoms with E-state index in [0.29, 0.717) is 29.1 Å². The van der Waals surface area contributed by atoms with Crippen LogP contribution < -0.4 is 9.54 Å². The fourth-order valence-electron chi connectivity index (χ4n) is 3.38. The maximum absolute atomic E-state index is 12.5. The van der Waals surface area contributed by atoms with Crippen LogP contribution in [0, 0.1) is 0 Å². The Bertz CT molecular complexity index is 1190. The van der Waals surface area contributed by atoms with Gasteiger partial charge in [-0.05, 0) is 38.0 Å². The summed E-state index contributed by atoms with van der Waals surface area (Å²) in [5.41, 5.74) is 0.627. The van der Waals surface area contributed by atoms with Crippen LogP contribution in [0.15, 0.2) is 23.2 Å². The SMILES string of the molecule is CCOC(=O)Cn1c(=NC(=O)CS(=O)(=O)CC(=O)N2CCCC2)sc2cc(OC)ccc21. The standard InChI is InChI=1S/C20H25N3O7S2/c1-3-30-19(26)11-23-15-7-6-14(29-2)10-16(15)31-20(23)21-17(24)12-32(27,28)13-18(25)22-8-4-5-9-22/h6-7,10H,3-5,8-9,11-13H2,1-2H3. The normalized spacial score (nSPS) is 14.7. The molecular formula is C20H25N3O7S2. The van der Waals surface area contributed by atoms with E-state index >= 15 is 0 Å². The van der Waals surface area contributed by atoms with E-state index in [9.17, 15) is 22.8 Å². The average Bonchev–Trinajstić information content (AvgIpc) is 3.36. The summed E-state index contributed by atoms with van der Waals surface area (Å²) in [4.78, 5) is 42.3. The molecule has 2 aromatic rings. The van der Waals surface area contributed by atoms with Crippen LogP contribution in [0.25, 0.3) is 10.2 Å². The summed E-state index contributed by atoms with van der Waals surface area (Å²) in [6.45, 7) is 2.76. The van der Waals surface area contributed by atoms with Crippen LogP contribution in [0.5, 0.6) is 5.75 Å². The number of carbonyl (C=O) groups excluding carboxylic acids is 3. The van der Waals surface area contributed by atoms with Crippen molar-refractivity contribution in [1.29, 1.82) is 0 Å². The number of amides is 2. The van der Waals surface area contributed by atoms with Gasteiger partial charge in [0.05, 0.1) is 23.9 Å². The number of ether oxygens (including phenoxy) is 2. The number of carbonyl (C=O) groups is 3. The molecule has 0 atom stereocenters. The lowest BCUT2D eigenvalue weighted by molar-refractivity contribution is -0.143. The van der Waals surface area contributed by atoms with Gasteiger partial charge in [-0.3, -0.25) is 14.4 Å². The highest BCUT2D eigenvalue weighted by molar-refractivity contribution is 7.92. The second kappa shape index (κ2) is 10.3. The number of aromatic nitrogens is 1. The molecule has 0 saturated carbocycles. The molecule has 0 bridgehead atoms. The predicted octanol–water partition coefficient (Wildman–Crippen LogP) is 0.739. The number of esters is 1. The third-order valence-electron chi connectivity index (χ3n) is 4.85. The van der Waals surface area contributed by atoms with Crippen LogP contribution in [0.1, 0.15) is 19.8 Å². The third kappa shape index (κ3) is 5.94. The van der Waals surface area contributed by atoms with Gasteiger partial charge in [0.15, 0.2) is 14.6 Å². The van der Waals surface area contributed by atoms with Gasteiger partial charge in [0.1, 0.15) is 23.8 Å². The van der Waals surface area contributed by atoms with Gasteiger partial charge in [0.2, 0.25) is 5.91 Å². The molecular weight excluding hydrogens is 458 g/mol. The summed E-state index contributed by atoms with van der Waals surface area (Å²) in [5.74, 6) is -2.94. The Morgan fingerprint density at radius 1 is 1.16 bits per heavy atom. The molecule has 3 rings (SSSR count). The minimum Gasteiger partial charge on any atom is -0.497 e. The van der Waals surface area contributed by atoms with E-state index < -0.39 is 39.1 Å². The molecule has 32 heavy (non-hydrogen) atoms. The zero-order valence-corrected chi connectivity index (χ0v) is 19.5. The monoisotopic (exact) mass is 483 g/mol. The number of rotatable bonds is 8. The molecule has 2 amide bonds. The van der Waals surface area contributed by atoms with E-state index in [4.69, 9.17) is 9.47 Å². The van der Waals surface area contributed by atoms with Crippen LogP contribution in [0.4, 0.5) is 0 Å². The Kier molecular flexibility index (Phi) is 7.67. The number of likely N-dealkylation sites (tertiary alicyclic amines) is 1. The van der Waals surface area contributed by atoms with Crippen molar-refractivity contribution in [3.05, 3.63) is 23.0 Å². The largest absolute Gasteiger partial charge is 0.497 e. The molecule has 12 heteroatoms. The Hall–Kier alpha value is -2.73. The minimum atomic E-state index is -3.97. The molecule has 0 aliphatic carbocycles. The van der Waals surface area contributed by atoms with E-state index in [2.05, 4.69) is 4.99 Å². The van der Waals surface area contributed by atoms with Crippen LogP contribution in [-0.2, 0) is 35.5 Å². The molecule has 174 valence electrons. The summed E-state index contributed by atoms with van der Waals surface area (Å²) in [5, 5.41) is 0. The molecule has 1 aliphatic rings. The van der Waals surface area contributed by atoms with Crippen LogP contribution in [0.3, 0.4) is 0 Å².